The molecule has 0 saturated heterocycles. The number of anilines is 1. The van der Waals surface area contributed by atoms with Crippen LogP contribution in [0.2, 0.25) is 0 Å². The van der Waals surface area contributed by atoms with Crippen LogP contribution >= 0.6 is 11.7 Å². The van der Waals surface area contributed by atoms with Crippen molar-refractivity contribution in [3.05, 3.63) is 48.0 Å². The molecule has 27 heavy (non-hydrogen) atoms. The molecule has 9 heteroatoms. The Morgan fingerprint density at radius 2 is 1.67 bits per heavy atom. The van der Waals surface area contributed by atoms with Gasteiger partial charge in [-0.1, -0.05) is 45.9 Å². The standard InChI is InChI=1S/C14H11N3O4S2.2C2H6/c1-21-14(18)9-5-2-3-6-10(9)17-23(19,20)12-8-4-7-11-13(12)16-22-15-11;2*1-2/h2-8,17H,1H3;2*1-2H3. The molecule has 0 bridgehead atoms. The average molecular weight is 410 g/mol. The smallest absolute Gasteiger partial charge is 0.339 e. The van der Waals surface area contributed by atoms with E-state index < -0.39 is 16.0 Å². The highest BCUT2D eigenvalue weighted by Crippen LogP contribution is 2.25. The minimum atomic E-state index is -3.93. The van der Waals surface area contributed by atoms with Gasteiger partial charge in [0, 0.05) is 0 Å². The van der Waals surface area contributed by atoms with Crippen LogP contribution in [0.3, 0.4) is 0 Å². The molecule has 0 aliphatic heterocycles. The predicted molar refractivity (Wildman–Crippen MR) is 109 cm³/mol. The summed E-state index contributed by atoms with van der Waals surface area (Å²) in [6.07, 6.45) is 0. The molecule has 2 aromatic carbocycles. The summed E-state index contributed by atoms with van der Waals surface area (Å²) >= 11 is 0.935. The fraction of sp³-hybridized carbons (Fsp3) is 0.278. The molecule has 0 radical (unpaired) electrons. The summed E-state index contributed by atoms with van der Waals surface area (Å²) in [6.45, 7) is 8.00. The van der Waals surface area contributed by atoms with Crippen molar-refractivity contribution in [2.75, 3.05) is 11.8 Å². The van der Waals surface area contributed by atoms with E-state index in [1.807, 2.05) is 27.7 Å². The fourth-order valence-electron chi connectivity index (χ4n) is 2.06. The third-order valence-corrected chi connectivity index (χ3v) is 5.05. The molecule has 0 aliphatic rings. The van der Waals surface area contributed by atoms with Crippen molar-refractivity contribution in [3.63, 3.8) is 0 Å². The lowest BCUT2D eigenvalue weighted by Gasteiger charge is -2.11. The van der Waals surface area contributed by atoms with E-state index in [-0.39, 0.29) is 16.1 Å². The average Bonchev–Trinajstić information content (AvgIpc) is 3.19. The number of hydrogen-bond donors (Lipinski definition) is 1. The number of hydrogen-bond acceptors (Lipinski definition) is 7. The number of carbonyl (C=O) groups is 1. The number of nitrogens with one attached hydrogen (secondary N) is 1. The lowest BCUT2D eigenvalue weighted by atomic mass is 10.2. The van der Waals surface area contributed by atoms with Crippen LogP contribution in [0.1, 0.15) is 38.1 Å². The van der Waals surface area contributed by atoms with Gasteiger partial charge in [-0.05, 0) is 24.3 Å². The van der Waals surface area contributed by atoms with Crippen molar-refractivity contribution in [3.8, 4) is 0 Å². The maximum atomic E-state index is 12.7. The van der Waals surface area contributed by atoms with Crippen molar-refractivity contribution in [1.29, 1.82) is 0 Å². The van der Waals surface area contributed by atoms with E-state index in [2.05, 4.69) is 18.2 Å². The van der Waals surface area contributed by atoms with E-state index in [4.69, 9.17) is 0 Å². The van der Waals surface area contributed by atoms with Gasteiger partial charge in [0.15, 0.2) is 0 Å². The number of esters is 1. The molecule has 0 fully saturated rings. The Morgan fingerprint density at radius 1 is 1.00 bits per heavy atom. The molecule has 1 heterocycles. The van der Waals surface area contributed by atoms with Gasteiger partial charge >= 0.3 is 5.97 Å². The largest absolute Gasteiger partial charge is 0.465 e. The molecular weight excluding hydrogens is 386 g/mol. The Labute approximate surface area is 163 Å². The van der Waals surface area contributed by atoms with Crippen LogP contribution in [0.25, 0.3) is 11.0 Å². The summed E-state index contributed by atoms with van der Waals surface area (Å²) in [5.41, 5.74) is 1.06. The van der Waals surface area contributed by atoms with Crippen molar-refractivity contribution in [2.45, 2.75) is 32.6 Å². The lowest BCUT2D eigenvalue weighted by molar-refractivity contribution is 0.0602. The summed E-state index contributed by atoms with van der Waals surface area (Å²) < 4.78 is 40.4. The quantitative estimate of drug-likeness (QED) is 0.644. The molecule has 1 N–H and O–H groups in total. The second-order valence-electron chi connectivity index (χ2n) is 4.53. The first-order valence-electron chi connectivity index (χ1n) is 8.44. The molecule has 0 aliphatic carbocycles. The van der Waals surface area contributed by atoms with Crippen LogP contribution in [-0.4, -0.2) is 30.2 Å². The van der Waals surface area contributed by atoms with Gasteiger partial charge in [-0.25, -0.2) is 13.2 Å². The molecule has 1 aromatic heterocycles. The monoisotopic (exact) mass is 409 g/mol. The molecule has 0 amide bonds. The second-order valence-corrected chi connectivity index (χ2v) is 6.71. The van der Waals surface area contributed by atoms with E-state index in [9.17, 15) is 13.2 Å². The van der Waals surface area contributed by atoms with E-state index >= 15 is 0 Å². The topological polar surface area (TPSA) is 98.2 Å². The summed E-state index contributed by atoms with van der Waals surface area (Å²) in [7, 11) is -2.70. The molecule has 0 atom stereocenters. The van der Waals surface area contributed by atoms with E-state index in [0.717, 1.165) is 11.7 Å². The Kier molecular flexibility index (Phi) is 8.83. The van der Waals surface area contributed by atoms with Crippen LogP contribution in [0.4, 0.5) is 5.69 Å². The van der Waals surface area contributed by atoms with Crippen LogP contribution in [0, 0.1) is 0 Å². The molecule has 3 aromatic rings. The number of methoxy groups -OCH3 is 1. The number of nitrogens with zero attached hydrogens (tertiary/aromatic N) is 2. The summed E-state index contributed by atoms with van der Waals surface area (Å²) in [5.74, 6) is -0.628. The fourth-order valence-corrected chi connectivity index (χ4v) is 3.91. The molecule has 0 unspecified atom stereocenters. The minimum absolute atomic E-state index is 0.00317. The zero-order valence-electron chi connectivity index (χ0n) is 15.9. The molecule has 0 spiro atoms. The molecular formula is C18H23N3O4S2. The number of carbonyl (C=O) groups excluding carboxylic acids is 1. The zero-order chi connectivity index (χ0) is 20.4. The number of rotatable bonds is 4. The van der Waals surface area contributed by atoms with Gasteiger partial charge in [-0.2, -0.15) is 8.75 Å². The van der Waals surface area contributed by atoms with Crippen LogP contribution in [0.5, 0.6) is 0 Å². The van der Waals surface area contributed by atoms with E-state index in [1.165, 1.54) is 25.3 Å². The highest BCUT2D eigenvalue weighted by molar-refractivity contribution is 7.93. The highest BCUT2D eigenvalue weighted by atomic mass is 32.2. The molecule has 3 rings (SSSR count). The number of ether oxygens (including phenoxy) is 1. The Morgan fingerprint density at radius 3 is 2.33 bits per heavy atom. The number of fused-ring (bicyclic) bond motifs is 1. The third kappa shape index (κ3) is 5.24. The number of aromatic nitrogens is 2. The maximum absolute atomic E-state index is 12.7. The van der Waals surface area contributed by atoms with Gasteiger partial charge < -0.3 is 4.74 Å². The lowest BCUT2D eigenvalue weighted by Crippen LogP contribution is -2.16. The number of benzene rings is 2. The van der Waals surface area contributed by atoms with E-state index in [1.54, 1.807) is 24.3 Å². The van der Waals surface area contributed by atoms with Gasteiger partial charge in [0.05, 0.1) is 30.1 Å². The van der Waals surface area contributed by atoms with Gasteiger partial charge in [-0.15, -0.1) is 0 Å². The molecule has 146 valence electrons. The Balaban J connectivity index is 0.000000855. The van der Waals surface area contributed by atoms with Crippen molar-refractivity contribution < 1.29 is 17.9 Å². The SMILES string of the molecule is CC.CC.COC(=O)c1ccccc1NS(=O)(=O)c1cccc2nsnc12. The van der Waals surface area contributed by atoms with Crippen LogP contribution in [0.15, 0.2) is 47.4 Å². The molecule has 7 nitrogen and oxygen atoms in total. The van der Waals surface area contributed by atoms with Crippen LogP contribution in [-0.2, 0) is 14.8 Å². The maximum Gasteiger partial charge on any atom is 0.339 e. The number of para-hydroxylation sites is 1. The minimum Gasteiger partial charge on any atom is -0.465 e. The van der Waals surface area contributed by atoms with Crippen molar-refractivity contribution in [1.82, 2.24) is 8.75 Å². The third-order valence-electron chi connectivity index (χ3n) is 3.12. The second kappa shape index (κ2) is 10.6. The van der Waals surface area contributed by atoms with E-state index in [0.29, 0.717) is 11.0 Å². The van der Waals surface area contributed by atoms with Crippen molar-refractivity contribution >= 4 is 44.4 Å². The summed E-state index contributed by atoms with van der Waals surface area (Å²) in [5, 5.41) is 0. The Bertz CT molecular complexity index is 985. The van der Waals surface area contributed by atoms with Gasteiger partial charge in [0.2, 0.25) is 0 Å². The van der Waals surface area contributed by atoms with Gasteiger partial charge in [-0.3, -0.25) is 4.72 Å². The van der Waals surface area contributed by atoms with Crippen LogP contribution < -0.4 is 4.72 Å². The zero-order valence-corrected chi connectivity index (χ0v) is 17.5. The normalized spacial score (nSPS) is 10.1. The van der Waals surface area contributed by atoms with Gasteiger partial charge in [0.25, 0.3) is 10.0 Å². The molecule has 0 saturated carbocycles. The first-order valence-corrected chi connectivity index (χ1v) is 10.7. The van der Waals surface area contributed by atoms with Crippen molar-refractivity contribution in [2.24, 2.45) is 0 Å². The predicted octanol–water partition coefficient (Wildman–Crippen LogP) is 4.33. The number of sulfonamides is 1. The van der Waals surface area contributed by atoms with Gasteiger partial charge in [0.1, 0.15) is 15.9 Å². The highest BCUT2D eigenvalue weighted by Gasteiger charge is 2.22. The summed E-state index contributed by atoms with van der Waals surface area (Å²) in [4.78, 5) is 11.8. The summed E-state index contributed by atoms with van der Waals surface area (Å²) in [6, 6.07) is 10.9. The Hall–Kier alpha value is -2.52. The first kappa shape index (κ1) is 22.5. The first-order chi connectivity index (χ1) is 13.0.